The summed E-state index contributed by atoms with van der Waals surface area (Å²) in [6.07, 6.45) is 1.84. The van der Waals surface area contributed by atoms with E-state index < -0.39 is 23.1 Å². The van der Waals surface area contributed by atoms with Crippen molar-refractivity contribution in [3.05, 3.63) is 75.0 Å². The second-order valence-corrected chi connectivity index (χ2v) is 13.4. The lowest BCUT2D eigenvalue weighted by molar-refractivity contribution is 0.0515. The average Bonchev–Trinajstić information content (AvgIpc) is 3.28. The SMILES string of the molecule is COC(=O)c1cc(F)c(-c2cccc3c2OCN(C(=O)c2c(Cl)cc(N4CC(C)(C#N)C4)cc2Cl)C3)cc1N1C2CCC1COC2. The average molecular weight is 666 g/mol. The number of para-hydroxylation sites is 1. The molecule has 238 valence electrons. The number of nitriles is 1. The Hall–Kier alpha value is -4.04. The van der Waals surface area contributed by atoms with Crippen LogP contribution in [0.3, 0.4) is 0 Å². The Morgan fingerprint density at radius 2 is 1.76 bits per heavy atom. The van der Waals surface area contributed by atoms with Crippen LogP contribution in [0.5, 0.6) is 5.75 Å². The number of ether oxygens (including phenoxy) is 3. The number of rotatable bonds is 5. The van der Waals surface area contributed by atoms with Crippen LogP contribution in [-0.2, 0) is 16.0 Å². The largest absolute Gasteiger partial charge is 0.472 e. The predicted molar refractivity (Wildman–Crippen MR) is 171 cm³/mol. The highest BCUT2D eigenvalue weighted by Crippen LogP contribution is 2.44. The highest BCUT2D eigenvalue weighted by Gasteiger charge is 2.41. The van der Waals surface area contributed by atoms with Crippen molar-refractivity contribution in [3.8, 4) is 22.9 Å². The van der Waals surface area contributed by atoms with E-state index in [9.17, 15) is 14.9 Å². The first-order valence-corrected chi connectivity index (χ1v) is 15.8. The molecule has 3 saturated heterocycles. The standard InChI is InChI=1S/C34H31Cl2FN4O5/c1-34(15-38)16-40(17-34)22-8-26(35)30(27(36)9-22)32(42)39-12-19-4-3-5-23(31(19)46-18-39)24-11-29(25(10-28(24)37)33(43)44-2)41-20-6-7-21(41)14-45-13-20/h3-5,8-11,20-21H,6-7,12-14,16-18H2,1-2H3. The Morgan fingerprint density at radius 3 is 2.41 bits per heavy atom. The second-order valence-electron chi connectivity index (χ2n) is 12.6. The molecule has 0 aromatic heterocycles. The topological polar surface area (TPSA) is 95.3 Å². The number of benzene rings is 3. The minimum absolute atomic E-state index is 0.0809. The van der Waals surface area contributed by atoms with E-state index in [1.54, 1.807) is 30.3 Å². The molecule has 3 aromatic rings. The fourth-order valence-corrected chi connectivity index (χ4v) is 7.68. The predicted octanol–water partition coefficient (Wildman–Crippen LogP) is 6.30. The third-order valence-corrected chi connectivity index (χ3v) is 9.96. The number of anilines is 2. The summed E-state index contributed by atoms with van der Waals surface area (Å²) in [6, 6.07) is 14.2. The Morgan fingerprint density at radius 1 is 1.07 bits per heavy atom. The van der Waals surface area contributed by atoms with Gasteiger partial charge in [-0.05, 0) is 44.0 Å². The number of fused-ring (bicyclic) bond motifs is 3. The molecule has 4 aliphatic rings. The maximum atomic E-state index is 15.8. The lowest BCUT2D eigenvalue weighted by Crippen LogP contribution is -2.54. The van der Waals surface area contributed by atoms with Gasteiger partial charge in [-0.3, -0.25) is 4.79 Å². The van der Waals surface area contributed by atoms with Crippen molar-refractivity contribution < 1.29 is 28.2 Å². The Kier molecular flexibility index (Phi) is 7.74. The van der Waals surface area contributed by atoms with Crippen LogP contribution in [0.2, 0.25) is 10.0 Å². The van der Waals surface area contributed by atoms with E-state index in [1.807, 2.05) is 17.9 Å². The molecule has 2 unspecified atom stereocenters. The van der Waals surface area contributed by atoms with Crippen LogP contribution in [0, 0.1) is 22.6 Å². The maximum absolute atomic E-state index is 15.8. The van der Waals surface area contributed by atoms with Gasteiger partial charge in [0.25, 0.3) is 5.91 Å². The maximum Gasteiger partial charge on any atom is 0.340 e. The number of amides is 1. The molecule has 9 nitrogen and oxygen atoms in total. The van der Waals surface area contributed by atoms with Crippen molar-refractivity contribution in [1.82, 2.24) is 4.90 Å². The first kappa shape index (κ1) is 30.6. The fourth-order valence-electron chi connectivity index (χ4n) is 7.05. The molecular formula is C34H31Cl2FN4O5. The van der Waals surface area contributed by atoms with Crippen molar-refractivity contribution in [3.63, 3.8) is 0 Å². The van der Waals surface area contributed by atoms with Gasteiger partial charge in [-0.2, -0.15) is 5.26 Å². The Labute approximate surface area is 275 Å². The van der Waals surface area contributed by atoms with Gasteiger partial charge < -0.3 is 28.9 Å². The van der Waals surface area contributed by atoms with E-state index in [0.717, 1.165) is 18.5 Å². The van der Waals surface area contributed by atoms with Crippen LogP contribution in [-0.4, -0.2) is 69.0 Å². The lowest BCUT2D eigenvalue weighted by atomic mass is 9.83. The van der Waals surface area contributed by atoms with Gasteiger partial charge in [0.2, 0.25) is 0 Å². The molecule has 0 spiro atoms. The number of halogens is 3. The molecule has 12 heteroatoms. The lowest BCUT2D eigenvalue weighted by Gasteiger charge is -2.45. The van der Waals surface area contributed by atoms with Crippen molar-refractivity contribution in [2.75, 3.05) is 49.9 Å². The molecule has 46 heavy (non-hydrogen) atoms. The molecule has 4 aliphatic heterocycles. The molecule has 0 saturated carbocycles. The van der Waals surface area contributed by atoms with Crippen LogP contribution in [0.4, 0.5) is 15.8 Å². The summed E-state index contributed by atoms with van der Waals surface area (Å²) < 4.78 is 32.8. The van der Waals surface area contributed by atoms with Gasteiger partial charge in [0, 0.05) is 35.5 Å². The zero-order valence-electron chi connectivity index (χ0n) is 25.3. The van der Waals surface area contributed by atoms with Crippen LogP contribution in [0.1, 0.15) is 46.0 Å². The molecule has 2 bridgehead atoms. The number of nitrogens with zero attached hydrogens (tertiary/aromatic N) is 4. The van der Waals surface area contributed by atoms with Crippen LogP contribution < -0.4 is 14.5 Å². The highest BCUT2D eigenvalue weighted by atomic mass is 35.5. The number of hydrogen-bond donors (Lipinski definition) is 0. The second kappa shape index (κ2) is 11.6. The summed E-state index contributed by atoms with van der Waals surface area (Å²) in [4.78, 5) is 32.1. The van der Waals surface area contributed by atoms with Gasteiger partial charge in [0.1, 0.15) is 11.6 Å². The number of hydrogen-bond acceptors (Lipinski definition) is 8. The van der Waals surface area contributed by atoms with E-state index in [-0.39, 0.29) is 52.1 Å². The third-order valence-electron chi connectivity index (χ3n) is 9.36. The summed E-state index contributed by atoms with van der Waals surface area (Å²) in [7, 11) is 1.28. The monoisotopic (exact) mass is 664 g/mol. The van der Waals surface area contributed by atoms with E-state index in [1.165, 1.54) is 18.1 Å². The van der Waals surface area contributed by atoms with Crippen molar-refractivity contribution in [1.29, 1.82) is 5.26 Å². The minimum Gasteiger partial charge on any atom is -0.472 e. The van der Waals surface area contributed by atoms with Crippen molar-refractivity contribution >= 4 is 46.5 Å². The molecule has 7 rings (SSSR count). The van der Waals surface area contributed by atoms with Crippen molar-refractivity contribution in [2.45, 2.75) is 38.4 Å². The summed E-state index contributed by atoms with van der Waals surface area (Å²) >= 11 is 13.2. The Bertz CT molecular complexity index is 1770. The van der Waals surface area contributed by atoms with Gasteiger partial charge in [-0.15, -0.1) is 0 Å². The molecule has 2 atom stereocenters. The normalized spacial score (nSPS) is 21.2. The summed E-state index contributed by atoms with van der Waals surface area (Å²) in [5.74, 6) is -1.14. The molecule has 3 aromatic carbocycles. The molecule has 0 radical (unpaired) electrons. The van der Waals surface area contributed by atoms with Crippen LogP contribution >= 0.6 is 23.2 Å². The molecule has 0 N–H and O–H groups in total. The first-order chi connectivity index (χ1) is 22.1. The molecule has 0 aliphatic carbocycles. The van der Waals surface area contributed by atoms with Gasteiger partial charge in [0.05, 0.1) is 77.3 Å². The van der Waals surface area contributed by atoms with E-state index in [4.69, 9.17) is 37.4 Å². The summed E-state index contributed by atoms with van der Waals surface area (Å²) in [5.41, 5.74) is 2.72. The molecule has 1 amide bonds. The van der Waals surface area contributed by atoms with Gasteiger partial charge in [0.15, 0.2) is 6.73 Å². The highest BCUT2D eigenvalue weighted by molar-refractivity contribution is 6.40. The first-order valence-electron chi connectivity index (χ1n) is 15.1. The zero-order chi connectivity index (χ0) is 32.3. The number of morpholine rings is 1. The summed E-state index contributed by atoms with van der Waals surface area (Å²) in [5, 5.41) is 9.75. The third kappa shape index (κ3) is 5.11. The molecular weight excluding hydrogens is 634 g/mol. The summed E-state index contributed by atoms with van der Waals surface area (Å²) in [6.45, 7) is 4.13. The number of carbonyl (C=O) groups is 2. The minimum atomic E-state index is -0.609. The molecule has 4 heterocycles. The number of carbonyl (C=O) groups excluding carboxylic acids is 2. The van der Waals surface area contributed by atoms with Gasteiger partial charge in [-0.25, -0.2) is 9.18 Å². The fraction of sp³-hybridized carbons (Fsp3) is 0.382. The quantitative estimate of drug-likeness (QED) is 0.294. The van der Waals surface area contributed by atoms with E-state index in [0.29, 0.717) is 48.9 Å². The van der Waals surface area contributed by atoms with Gasteiger partial charge >= 0.3 is 5.97 Å². The van der Waals surface area contributed by atoms with Gasteiger partial charge in [-0.1, -0.05) is 41.4 Å². The smallest absolute Gasteiger partial charge is 0.340 e. The number of esters is 1. The zero-order valence-corrected chi connectivity index (χ0v) is 26.8. The van der Waals surface area contributed by atoms with E-state index >= 15 is 4.39 Å². The molecule has 3 fully saturated rings. The van der Waals surface area contributed by atoms with E-state index in [2.05, 4.69) is 11.0 Å². The number of methoxy groups -OCH3 is 1. The van der Waals surface area contributed by atoms with Crippen LogP contribution in [0.25, 0.3) is 11.1 Å². The van der Waals surface area contributed by atoms with Crippen LogP contribution in [0.15, 0.2) is 42.5 Å². The Balaban J connectivity index is 1.18. The van der Waals surface area contributed by atoms with Crippen molar-refractivity contribution in [2.24, 2.45) is 5.41 Å².